The SMILES string of the molecule is CCc1cc(C=Nn2cc(C)nc2N)ccc1Cl. The molecular weight excluding hydrogens is 248 g/mol. The minimum Gasteiger partial charge on any atom is -0.368 e. The molecule has 2 aromatic rings. The van der Waals surface area contributed by atoms with E-state index in [1.807, 2.05) is 25.1 Å². The third-order valence-electron chi connectivity index (χ3n) is 2.62. The van der Waals surface area contributed by atoms with Gasteiger partial charge < -0.3 is 5.73 Å². The van der Waals surface area contributed by atoms with Crippen molar-refractivity contribution in [2.24, 2.45) is 5.10 Å². The molecule has 1 aromatic carbocycles. The lowest BCUT2D eigenvalue weighted by Crippen LogP contribution is -1.97. The van der Waals surface area contributed by atoms with E-state index in [4.69, 9.17) is 17.3 Å². The van der Waals surface area contributed by atoms with E-state index in [-0.39, 0.29) is 0 Å². The highest BCUT2D eigenvalue weighted by molar-refractivity contribution is 6.31. The smallest absolute Gasteiger partial charge is 0.221 e. The largest absolute Gasteiger partial charge is 0.368 e. The van der Waals surface area contributed by atoms with E-state index in [1.165, 1.54) is 0 Å². The number of aromatic nitrogens is 2. The van der Waals surface area contributed by atoms with Gasteiger partial charge in [0.15, 0.2) is 0 Å². The van der Waals surface area contributed by atoms with Crippen LogP contribution in [0.15, 0.2) is 29.5 Å². The maximum atomic E-state index is 6.06. The molecule has 2 rings (SSSR count). The van der Waals surface area contributed by atoms with Crippen molar-refractivity contribution in [3.8, 4) is 0 Å². The van der Waals surface area contributed by atoms with Crippen LogP contribution in [0.5, 0.6) is 0 Å². The highest BCUT2D eigenvalue weighted by atomic mass is 35.5. The fourth-order valence-corrected chi connectivity index (χ4v) is 1.92. The minimum absolute atomic E-state index is 0.383. The molecule has 0 saturated carbocycles. The molecule has 0 bridgehead atoms. The number of benzene rings is 1. The van der Waals surface area contributed by atoms with Gasteiger partial charge in [0.1, 0.15) is 0 Å². The van der Waals surface area contributed by atoms with Crippen molar-refractivity contribution in [1.29, 1.82) is 0 Å². The topological polar surface area (TPSA) is 56.2 Å². The Bertz CT molecular complexity index is 587. The first kappa shape index (κ1) is 12.6. The second-order valence-electron chi connectivity index (χ2n) is 4.03. The summed E-state index contributed by atoms with van der Waals surface area (Å²) in [4.78, 5) is 4.08. The van der Waals surface area contributed by atoms with Crippen molar-refractivity contribution in [3.63, 3.8) is 0 Å². The molecule has 0 spiro atoms. The molecule has 0 aliphatic heterocycles. The molecule has 0 atom stereocenters. The summed E-state index contributed by atoms with van der Waals surface area (Å²) in [6, 6.07) is 5.82. The number of hydrogen-bond donors (Lipinski definition) is 1. The van der Waals surface area contributed by atoms with Gasteiger partial charge in [-0.3, -0.25) is 0 Å². The van der Waals surface area contributed by atoms with Crippen molar-refractivity contribution < 1.29 is 0 Å². The van der Waals surface area contributed by atoms with E-state index in [0.29, 0.717) is 5.95 Å². The van der Waals surface area contributed by atoms with Crippen LogP contribution < -0.4 is 5.73 Å². The van der Waals surface area contributed by atoms with Gasteiger partial charge in [-0.05, 0) is 36.6 Å². The summed E-state index contributed by atoms with van der Waals surface area (Å²) in [7, 11) is 0. The molecule has 0 saturated heterocycles. The Morgan fingerprint density at radius 2 is 2.28 bits per heavy atom. The molecule has 18 heavy (non-hydrogen) atoms. The van der Waals surface area contributed by atoms with Crippen LogP contribution >= 0.6 is 11.6 Å². The molecule has 0 aliphatic carbocycles. The van der Waals surface area contributed by atoms with Crippen LogP contribution in [0.4, 0.5) is 5.95 Å². The van der Waals surface area contributed by atoms with Gasteiger partial charge in [0.2, 0.25) is 5.95 Å². The number of anilines is 1. The zero-order valence-corrected chi connectivity index (χ0v) is 11.1. The van der Waals surface area contributed by atoms with E-state index in [0.717, 1.165) is 28.3 Å². The summed E-state index contributed by atoms with van der Waals surface area (Å²) in [5, 5.41) is 5.05. The molecule has 4 nitrogen and oxygen atoms in total. The van der Waals surface area contributed by atoms with Crippen molar-refractivity contribution in [1.82, 2.24) is 9.66 Å². The molecule has 0 fully saturated rings. The number of rotatable bonds is 3. The van der Waals surface area contributed by atoms with Gasteiger partial charge >= 0.3 is 0 Å². The summed E-state index contributed by atoms with van der Waals surface area (Å²) in [5.74, 6) is 0.383. The summed E-state index contributed by atoms with van der Waals surface area (Å²) in [5.41, 5.74) is 8.64. The molecule has 2 N–H and O–H groups in total. The maximum Gasteiger partial charge on any atom is 0.221 e. The Morgan fingerprint density at radius 3 is 2.89 bits per heavy atom. The monoisotopic (exact) mass is 262 g/mol. The molecular formula is C13H15ClN4. The van der Waals surface area contributed by atoms with Gasteiger partial charge in [-0.1, -0.05) is 24.6 Å². The normalized spacial score (nSPS) is 11.3. The number of hydrogen-bond acceptors (Lipinski definition) is 3. The van der Waals surface area contributed by atoms with Crippen LogP contribution in [0.25, 0.3) is 0 Å². The molecule has 1 aromatic heterocycles. The summed E-state index contributed by atoms with van der Waals surface area (Å²) in [6.07, 6.45) is 4.42. The summed E-state index contributed by atoms with van der Waals surface area (Å²) >= 11 is 6.06. The highest BCUT2D eigenvalue weighted by Gasteiger charge is 2.00. The average Bonchev–Trinajstić information content (AvgIpc) is 2.67. The Balaban J connectivity index is 2.26. The molecule has 5 heteroatoms. The first-order valence-electron chi connectivity index (χ1n) is 5.74. The van der Waals surface area contributed by atoms with Crippen LogP contribution in [-0.4, -0.2) is 15.9 Å². The Kier molecular flexibility index (Phi) is 3.67. The quantitative estimate of drug-likeness (QED) is 0.865. The average molecular weight is 263 g/mol. The van der Waals surface area contributed by atoms with Gasteiger partial charge in [0, 0.05) is 5.02 Å². The Morgan fingerprint density at radius 1 is 1.50 bits per heavy atom. The molecule has 0 unspecified atom stereocenters. The Hall–Kier alpha value is -1.81. The van der Waals surface area contributed by atoms with Gasteiger partial charge in [-0.2, -0.15) is 5.10 Å². The van der Waals surface area contributed by atoms with Crippen LogP contribution in [-0.2, 0) is 6.42 Å². The fourth-order valence-electron chi connectivity index (χ4n) is 1.67. The van der Waals surface area contributed by atoms with Gasteiger partial charge in [0.25, 0.3) is 0 Å². The van der Waals surface area contributed by atoms with Crippen molar-refractivity contribution in [3.05, 3.63) is 46.2 Å². The van der Waals surface area contributed by atoms with Gasteiger partial charge in [0.05, 0.1) is 18.1 Å². The van der Waals surface area contributed by atoms with Gasteiger partial charge in [-0.15, -0.1) is 0 Å². The lowest BCUT2D eigenvalue weighted by molar-refractivity contribution is 0.897. The second kappa shape index (κ2) is 5.23. The maximum absolute atomic E-state index is 6.06. The number of nitrogens with two attached hydrogens (primary N) is 1. The number of imidazole rings is 1. The van der Waals surface area contributed by atoms with E-state index in [1.54, 1.807) is 17.1 Å². The van der Waals surface area contributed by atoms with E-state index in [2.05, 4.69) is 17.0 Å². The minimum atomic E-state index is 0.383. The van der Waals surface area contributed by atoms with E-state index in [9.17, 15) is 0 Å². The van der Waals surface area contributed by atoms with E-state index < -0.39 is 0 Å². The standard InChI is InChI=1S/C13H15ClN4/c1-3-11-6-10(4-5-12(11)14)7-16-18-8-9(2)17-13(18)15/h4-8H,3H2,1-2H3,(H2,15,17). The molecule has 94 valence electrons. The first-order valence-corrected chi connectivity index (χ1v) is 6.12. The summed E-state index contributed by atoms with van der Waals surface area (Å²) in [6.45, 7) is 3.94. The third kappa shape index (κ3) is 2.71. The van der Waals surface area contributed by atoms with Crippen LogP contribution in [0, 0.1) is 6.92 Å². The number of nitrogens with zero attached hydrogens (tertiary/aromatic N) is 3. The number of halogens is 1. The zero-order chi connectivity index (χ0) is 13.1. The molecule has 0 radical (unpaired) electrons. The van der Waals surface area contributed by atoms with Gasteiger partial charge in [-0.25, -0.2) is 9.66 Å². The van der Waals surface area contributed by atoms with Crippen molar-refractivity contribution >= 4 is 23.8 Å². The molecule has 1 heterocycles. The third-order valence-corrected chi connectivity index (χ3v) is 2.99. The lowest BCUT2D eigenvalue weighted by atomic mass is 10.1. The predicted molar refractivity (Wildman–Crippen MR) is 75.2 cm³/mol. The predicted octanol–water partition coefficient (Wildman–Crippen LogP) is 2.87. The second-order valence-corrected chi connectivity index (χ2v) is 4.44. The fraction of sp³-hybridized carbons (Fsp3) is 0.231. The lowest BCUT2D eigenvalue weighted by Gasteiger charge is -2.02. The first-order chi connectivity index (χ1) is 8.60. The molecule has 0 amide bonds. The Labute approximate surface area is 111 Å². The van der Waals surface area contributed by atoms with Crippen molar-refractivity contribution in [2.45, 2.75) is 20.3 Å². The van der Waals surface area contributed by atoms with Crippen molar-refractivity contribution in [2.75, 3.05) is 5.73 Å². The summed E-state index contributed by atoms with van der Waals surface area (Å²) < 4.78 is 1.55. The number of aryl methyl sites for hydroxylation is 2. The van der Waals surface area contributed by atoms with Crippen LogP contribution in [0.1, 0.15) is 23.7 Å². The van der Waals surface area contributed by atoms with Crippen LogP contribution in [0.3, 0.4) is 0 Å². The van der Waals surface area contributed by atoms with Crippen LogP contribution in [0.2, 0.25) is 5.02 Å². The number of nitrogen functional groups attached to an aromatic ring is 1. The van der Waals surface area contributed by atoms with E-state index >= 15 is 0 Å². The zero-order valence-electron chi connectivity index (χ0n) is 10.4. The highest BCUT2D eigenvalue weighted by Crippen LogP contribution is 2.17. The molecule has 0 aliphatic rings.